The first-order valence-electron chi connectivity index (χ1n) is 6.86. The second-order valence-electron chi connectivity index (χ2n) is 5.65. The van der Waals surface area contributed by atoms with Crippen LogP contribution >= 0.6 is 0 Å². The number of hydrogen-bond donors (Lipinski definition) is 0. The van der Waals surface area contributed by atoms with Crippen LogP contribution in [0.2, 0.25) is 0 Å². The molecule has 0 N–H and O–H groups in total. The molecule has 3 aliphatic rings. The quantitative estimate of drug-likeness (QED) is 0.567. The molecule has 5 nitrogen and oxygen atoms in total. The molecule has 1 atom stereocenters. The van der Waals surface area contributed by atoms with Crippen LogP contribution < -0.4 is 0 Å². The molecule has 0 aromatic rings. The van der Waals surface area contributed by atoms with Crippen molar-refractivity contribution in [2.75, 3.05) is 0 Å². The highest BCUT2D eigenvalue weighted by Crippen LogP contribution is 2.41. The molecule has 2 heterocycles. The van der Waals surface area contributed by atoms with Gasteiger partial charge in [0.05, 0.1) is 6.26 Å². The van der Waals surface area contributed by atoms with Crippen LogP contribution in [0.15, 0.2) is 23.5 Å². The standard InChI is InChI=1S/C15H16O5/c1-9-6-15(20-14(9)18)13(17)12(8-19-15)11-4-2-10(7-16)3-5-11/h6-8,10-11H,2-5H2,1H3. The third kappa shape index (κ3) is 1.88. The van der Waals surface area contributed by atoms with Gasteiger partial charge in [0, 0.05) is 23.1 Å². The van der Waals surface area contributed by atoms with Crippen LogP contribution in [0.3, 0.4) is 0 Å². The summed E-state index contributed by atoms with van der Waals surface area (Å²) in [5.74, 6) is -2.16. The molecule has 5 heteroatoms. The molecule has 0 radical (unpaired) electrons. The van der Waals surface area contributed by atoms with Crippen molar-refractivity contribution in [2.24, 2.45) is 11.8 Å². The maximum absolute atomic E-state index is 12.5. The molecule has 3 rings (SSSR count). The minimum absolute atomic E-state index is 0.0890. The van der Waals surface area contributed by atoms with E-state index >= 15 is 0 Å². The SMILES string of the molecule is CC1=CC2(OC=C(C3CCC(C=O)CC3)C2=O)OC1=O. The number of carbonyl (C=O) groups excluding carboxylic acids is 3. The molecule has 2 aliphatic heterocycles. The van der Waals surface area contributed by atoms with Crippen LogP contribution in [-0.2, 0) is 23.9 Å². The lowest BCUT2D eigenvalue weighted by Crippen LogP contribution is -2.37. The van der Waals surface area contributed by atoms with Crippen LogP contribution in [0.4, 0.5) is 0 Å². The van der Waals surface area contributed by atoms with Crippen LogP contribution in [0.25, 0.3) is 0 Å². The fourth-order valence-electron chi connectivity index (χ4n) is 3.07. The van der Waals surface area contributed by atoms with Crippen LogP contribution in [0, 0.1) is 11.8 Å². The first-order valence-corrected chi connectivity index (χ1v) is 6.86. The highest BCUT2D eigenvalue weighted by molar-refractivity contribution is 6.08. The summed E-state index contributed by atoms with van der Waals surface area (Å²) in [7, 11) is 0. The Morgan fingerprint density at radius 2 is 1.95 bits per heavy atom. The zero-order chi connectivity index (χ0) is 14.3. The maximum Gasteiger partial charge on any atom is 0.339 e. The molecule has 1 saturated carbocycles. The van der Waals surface area contributed by atoms with Crippen LogP contribution in [0.1, 0.15) is 32.6 Å². The van der Waals surface area contributed by atoms with E-state index in [-0.39, 0.29) is 17.6 Å². The Morgan fingerprint density at radius 1 is 1.25 bits per heavy atom. The second-order valence-corrected chi connectivity index (χ2v) is 5.65. The van der Waals surface area contributed by atoms with Gasteiger partial charge in [0.25, 0.3) is 5.78 Å². The maximum atomic E-state index is 12.5. The molecule has 0 saturated heterocycles. The van der Waals surface area contributed by atoms with Gasteiger partial charge < -0.3 is 14.3 Å². The van der Waals surface area contributed by atoms with Gasteiger partial charge >= 0.3 is 11.8 Å². The Morgan fingerprint density at radius 3 is 2.50 bits per heavy atom. The molecular weight excluding hydrogens is 260 g/mol. The lowest BCUT2D eigenvalue weighted by molar-refractivity contribution is -0.181. The number of hydrogen-bond acceptors (Lipinski definition) is 5. The van der Waals surface area contributed by atoms with E-state index < -0.39 is 11.8 Å². The summed E-state index contributed by atoms with van der Waals surface area (Å²) >= 11 is 0. The molecule has 0 aromatic heterocycles. The summed E-state index contributed by atoms with van der Waals surface area (Å²) < 4.78 is 10.5. The number of esters is 1. The molecule has 1 fully saturated rings. The van der Waals surface area contributed by atoms with E-state index in [0.29, 0.717) is 11.1 Å². The molecule has 1 spiro atoms. The molecule has 1 unspecified atom stereocenters. The first-order chi connectivity index (χ1) is 9.55. The summed E-state index contributed by atoms with van der Waals surface area (Å²) in [6, 6.07) is 0. The van der Waals surface area contributed by atoms with E-state index in [1.165, 1.54) is 12.3 Å². The van der Waals surface area contributed by atoms with Crippen molar-refractivity contribution in [2.45, 2.75) is 38.4 Å². The number of Topliss-reactive ketones (excluding diaryl/α,β-unsaturated/α-hetero) is 1. The van der Waals surface area contributed by atoms with Crippen molar-refractivity contribution in [3.8, 4) is 0 Å². The van der Waals surface area contributed by atoms with Gasteiger partial charge in [-0.2, -0.15) is 0 Å². The van der Waals surface area contributed by atoms with E-state index in [1.54, 1.807) is 6.92 Å². The topological polar surface area (TPSA) is 69.7 Å². The Bertz CT molecular complexity index is 536. The first kappa shape index (κ1) is 13.1. The lowest BCUT2D eigenvalue weighted by atomic mass is 9.78. The fraction of sp³-hybridized carbons (Fsp3) is 0.533. The highest BCUT2D eigenvalue weighted by Gasteiger charge is 2.53. The monoisotopic (exact) mass is 276 g/mol. The van der Waals surface area contributed by atoms with Crippen molar-refractivity contribution in [3.05, 3.63) is 23.5 Å². The predicted octanol–water partition coefficient (Wildman–Crippen LogP) is 1.67. The fourth-order valence-corrected chi connectivity index (χ4v) is 3.07. The highest BCUT2D eigenvalue weighted by atomic mass is 16.7. The summed E-state index contributed by atoms with van der Waals surface area (Å²) in [4.78, 5) is 34.7. The molecule has 0 aromatic carbocycles. The van der Waals surface area contributed by atoms with Crippen molar-refractivity contribution in [3.63, 3.8) is 0 Å². The zero-order valence-corrected chi connectivity index (χ0v) is 11.3. The Kier molecular flexibility index (Phi) is 3.00. The number of carbonyl (C=O) groups is 3. The van der Waals surface area contributed by atoms with Crippen LogP contribution in [0.5, 0.6) is 0 Å². The molecular formula is C15H16O5. The van der Waals surface area contributed by atoms with Gasteiger partial charge in [-0.25, -0.2) is 4.79 Å². The molecule has 1 aliphatic carbocycles. The summed E-state index contributed by atoms with van der Waals surface area (Å²) in [5, 5.41) is 0. The van der Waals surface area contributed by atoms with Crippen molar-refractivity contribution in [1.29, 1.82) is 0 Å². The minimum Gasteiger partial charge on any atom is -0.450 e. The number of rotatable bonds is 2. The van der Waals surface area contributed by atoms with Gasteiger partial charge in [0.15, 0.2) is 0 Å². The normalized spacial score (nSPS) is 36.5. The number of aldehydes is 1. The van der Waals surface area contributed by atoms with Crippen molar-refractivity contribution >= 4 is 18.0 Å². The molecule has 20 heavy (non-hydrogen) atoms. The van der Waals surface area contributed by atoms with E-state index in [4.69, 9.17) is 9.47 Å². The minimum atomic E-state index is -1.56. The number of ketones is 1. The summed E-state index contributed by atoms with van der Waals surface area (Å²) in [6.45, 7) is 1.60. The third-order valence-corrected chi connectivity index (χ3v) is 4.32. The van der Waals surface area contributed by atoms with Gasteiger partial charge in [-0.1, -0.05) is 0 Å². The lowest BCUT2D eigenvalue weighted by Gasteiger charge is -2.26. The van der Waals surface area contributed by atoms with E-state index in [2.05, 4.69) is 0 Å². The van der Waals surface area contributed by atoms with Gasteiger partial charge in [-0.05, 0) is 38.5 Å². The smallest absolute Gasteiger partial charge is 0.339 e. The zero-order valence-electron chi connectivity index (χ0n) is 11.3. The van der Waals surface area contributed by atoms with Crippen LogP contribution in [-0.4, -0.2) is 23.8 Å². The summed E-state index contributed by atoms with van der Waals surface area (Å²) in [5.41, 5.74) is 0.964. The van der Waals surface area contributed by atoms with Crippen molar-refractivity contribution in [1.82, 2.24) is 0 Å². The van der Waals surface area contributed by atoms with E-state index in [1.807, 2.05) is 0 Å². The van der Waals surface area contributed by atoms with Gasteiger partial charge in [0.2, 0.25) is 0 Å². The Labute approximate surface area is 116 Å². The largest absolute Gasteiger partial charge is 0.450 e. The van der Waals surface area contributed by atoms with Crippen molar-refractivity contribution < 1.29 is 23.9 Å². The average Bonchev–Trinajstić information content (AvgIpc) is 2.92. The van der Waals surface area contributed by atoms with Gasteiger partial charge in [-0.3, -0.25) is 4.79 Å². The molecule has 106 valence electrons. The van der Waals surface area contributed by atoms with Gasteiger partial charge in [-0.15, -0.1) is 0 Å². The van der Waals surface area contributed by atoms with E-state index in [0.717, 1.165) is 32.0 Å². The predicted molar refractivity (Wildman–Crippen MR) is 68.3 cm³/mol. The van der Waals surface area contributed by atoms with Gasteiger partial charge in [0.1, 0.15) is 6.29 Å². The van der Waals surface area contributed by atoms with E-state index in [9.17, 15) is 14.4 Å². The molecule has 0 amide bonds. The Balaban J connectivity index is 1.74. The average molecular weight is 276 g/mol. The number of ether oxygens (including phenoxy) is 2. The second kappa shape index (κ2) is 4.58. The third-order valence-electron chi connectivity index (χ3n) is 4.32. The Hall–Kier alpha value is -1.91. The summed E-state index contributed by atoms with van der Waals surface area (Å²) in [6.07, 6.45) is 7.02. The molecule has 0 bridgehead atoms.